The number of rotatable bonds is 1. The summed E-state index contributed by atoms with van der Waals surface area (Å²) in [6.07, 6.45) is 2.96. The van der Waals surface area contributed by atoms with Crippen LogP contribution in [0.4, 0.5) is 4.39 Å². The van der Waals surface area contributed by atoms with E-state index in [1.807, 2.05) is 6.08 Å². The first-order chi connectivity index (χ1) is 6.19. The zero-order chi connectivity index (χ0) is 9.22. The third kappa shape index (κ3) is 0.572. The molecule has 5 atom stereocenters. The molecule has 3 rings (SSSR count). The summed E-state index contributed by atoms with van der Waals surface area (Å²) in [4.78, 5) is 11.2. The lowest BCUT2D eigenvalue weighted by Crippen LogP contribution is -2.64. The summed E-state index contributed by atoms with van der Waals surface area (Å²) in [6.45, 7) is -0.279. The molecule has 0 aromatic carbocycles. The monoisotopic (exact) mass is 184 g/mol. The van der Waals surface area contributed by atoms with Crippen molar-refractivity contribution >= 4 is 5.97 Å². The molecule has 1 saturated carbocycles. The number of halogens is 1. The van der Waals surface area contributed by atoms with E-state index in [0.717, 1.165) is 0 Å². The zero-order valence-corrected chi connectivity index (χ0v) is 6.81. The minimum absolute atomic E-state index is 0.105. The third-order valence-corrected chi connectivity index (χ3v) is 3.49. The van der Waals surface area contributed by atoms with Gasteiger partial charge in [0, 0.05) is 5.92 Å². The molecule has 0 amide bonds. The minimum Gasteiger partial charge on any atom is -0.457 e. The number of fused-ring (bicyclic) bond motifs is 4. The number of hydrogen-bond acceptors (Lipinski definition) is 3. The highest BCUT2D eigenvalue weighted by molar-refractivity contribution is 5.86. The van der Waals surface area contributed by atoms with Crippen molar-refractivity contribution in [3.8, 4) is 0 Å². The Morgan fingerprint density at radius 1 is 1.62 bits per heavy atom. The lowest BCUT2D eigenvalue weighted by Gasteiger charge is -2.53. The largest absolute Gasteiger partial charge is 0.457 e. The van der Waals surface area contributed by atoms with Crippen LogP contribution in [0, 0.1) is 17.8 Å². The fraction of sp³-hybridized carbons (Fsp3) is 0.667. The van der Waals surface area contributed by atoms with Gasteiger partial charge in [0.1, 0.15) is 6.10 Å². The van der Waals surface area contributed by atoms with Crippen LogP contribution in [0.5, 0.6) is 0 Å². The number of aliphatic hydroxyl groups excluding tert-OH is 1. The number of carbonyl (C=O) groups excluding carboxylic acids is 1. The van der Waals surface area contributed by atoms with Crippen molar-refractivity contribution in [1.82, 2.24) is 0 Å². The Balaban J connectivity index is 1.99. The van der Waals surface area contributed by atoms with E-state index in [9.17, 15) is 9.18 Å². The van der Waals surface area contributed by atoms with E-state index in [-0.39, 0.29) is 18.4 Å². The molecule has 3 aliphatic rings. The standard InChI is InChI=1S/C9H9FO3/c10-9-5-2-1-4(5)7(9)6(3-11)13-8(9)12/h1-2,4-7,11H,3H2/t4-,5+,6+,7+,9-/m0/s1. The molecule has 1 heterocycles. The molecule has 0 aromatic rings. The van der Waals surface area contributed by atoms with Gasteiger partial charge in [0.15, 0.2) is 0 Å². The summed E-state index contributed by atoms with van der Waals surface area (Å²) in [7, 11) is 0. The molecule has 0 radical (unpaired) electrons. The topological polar surface area (TPSA) is 46.5 Å². The molecule has 0 bridgehead atoms. The smallest absolute Gasteiger partial charge is 0.345 e. The molecule has 0 spiro atoms. The quantitative estimate of drug-likeness (QED) is 0.462. The summed E-state index contributed by atoms with van der Waals surface area (Å²) >= 11 is 0. The van der Waals surface area contributed by atoms with E-state index in [2.05, 4.69) is 0 Å². The van der Waals surface area contributed by atoms with Crippen LogP contribution in [-0.2, 0) is 9.53 Å². The van der Waals surface area contributed by atoms with Gasteiger partial charge in [-0.25, -0.2) is 9.18 Å². The zero-order valence-electron chi connectivity index (χ0n) is 6.81. The molecule has 0 aromatic heterocycles. The maximum Gasteiger partial charge on any atom is 0.345 e. The van der Waals surface area contributed by atoms with Gasteiger partial charge in [-0.2, -0.15) is 0 Å². The molecular formula is C9H9FO3. The van der Waals surface area contributed by atoms with Gasteiger partial charge in [-0.15, -0.1) is 0 Å². The molecule has 3 nitrogen and oxygen atoms in total. The van der Waals surface area contributed by atoms with Gasteiger partial charge in [0.25, 0.3) is 0 Å². The first-order valence-electron chi connectivity index (χ1n) is 4.38. The van der Waals surface area contributed by atoms with Gasteiger partial charge >= 0.3 is 5.97 Å². The first-order valence-corrected chi connectivity index (χ1v) is 4.38. The van der Waals surface area contributed by atoms with Crippen LogP contribution < -0.4 is 0 Å². The number of alkyl halides is 1. The highest BCUT2D eigenvalue weighted by Crippen LogP contribution is 2.63. The Hall–Kier alpha value is -0.900. The van der Waals surface area contributed by atoms with E-state index < -0.39 is 23.7 Å². The second-order valence-electron chi connectivity index (χ2n) is 3.91. The van der Waals surface area contributed by atoms with Gasteiger partial charge in [-0.1, -0.05) is 12.2 Å². The van der Waals surface area contributed by atoms with Crippen molar-refractivity contribution in [2.45, 2.75) is 11.8 Å². The average molecular weight is 184 g/mol. The Morgan fingerprint density at radius 3 is 2.92 bits per heavy atom. The lowest BCUT2D eigenvalue weighted by atomic mass is 9.49. The summed E-state index contributed by atoms with van der Waals surface area (Å²) < 4.78 is 18.8. The van der Waals surface area contributed by atoms with E-state index in [4.69, 9.17) is 9.84 Å². The number of hydrogen-bond donors (Lipinski definition) is 1. The predicted molar refractivity (Wildman–Crippen MR) is 40.4 cm³/mol. The summed E-state index contributed by atoms with van der Waals surface area (Å²) in [6, 6.07) is 0. The van der Waals surface area contributed by atoms with Crippen LogP contribution in [0.2, 0.25) is 0 Å². The molecular weight excluding hydrogens is 175 g/mol. The number of aliphatic hydroxyl groups is 1. The van der Waals surface area contributed by atoms with Crippen LogP contribution in [0.1, 0.15) is 0 Å². The SMILES string of the molecule is O=C1O[C@H](CO)[C@H]2[C@H]3C=C[C@H]3[C@@]12F. The second kappa shape index (κ2) is 1.95. The van der Waals surface area contributed by atoms with Crippen molar-refractivity contribution < 1.29 is 19.0 Å². The third-order valence-electron chi connectivity index (χ3n) is 3.49. The van der Waals surface area contributed by atoms with Gasteiger partial charge in [-0.3, -0.25) is 0 Å². The summed E-state index contributed by atoms with van der Waals surface area (Å²) in [5.74, 6) is -1.42. The Morgan fingerprint density at radius 2 is 2.38 bits per heavy atom. The Kier molecular flexibility index (Phi) is 1.12. The number of allylic oxidation sites excluding steroid dienone is 2. The second-order valence-corrected chi connectivity index (χ2v) is 3.91. The maximum absolute atomic E-state index is 14.0. The number of ether oxygens (including phenoxy) is 1. The minimum atomic E-state index is -1.83. The van der Waals surface area contributed by atoms with E-state index in [0.29, 0.717) is 0 Å². The average Bonchev–Trinajstić information content (AvgIpc) is 2.26. The van der Waals surface area contributed by atoms with Crippen molar-refractivity contribution in [1.29, 1.82) is 0 Å². The fourth-order valence-electron chi connectivity index (χ4n) is 2.74. The normalized spacial score (nSPS) is 56.0. The van der Waals surface area contributed by atoms with Gasteiger partial charge in [-0.05, 0) is 5.92 Å². The molecule has 4 heteroatoms. The van der Waals surface area contributed by atoms with Crippen molar-refractivity contribution in [3.05, 3.63) is 12.2 Å². The molecule has 1 saturated heterocycles. The predicted octanol–water partition coefficient (Wildman–Crippen LogP) is 0.0444. The van der Waals surface area contributed by atoms with E-state index in [1.165, 1.54) is 0 Å². The molecule has 70 valence electrons. The van der Waals surface area contributed by atoms with Crippen molar-refractivity contribution in [2.24, 2.45) is 17.8 Å². The highest BCUT2D eigenvalue weighted by Gasteiger charge is 2.75. The van der Waals surface area contributed by atoms with Crippen LogP contribution in [0.15, 0.2) is 12.2 Å². The Labute approximate surface area is 74.2 Å². The van der Waals surface area contributed by atoms with E-state index in [1.54, 1.807) is 6.08 Å². The molecule has 0 unspecified atom stereocenters. The molecule has 13 heavy (non-hydrogen) atoms. The lowest BCUT2D eigenvalue weighted by molar-refractivity contribution is -0.161. The molecule has 2 aliphatic carbocycles. The van der Waals surface area contributed by atoms with Gasteiger partial charge < -0.3 is 9.84 Å². The number of carbonyl (C=O) groups is 1. The van der Waals surface area contributed by atoms with Crippen LogP contribution in [0.25, 0.3) is 0 Å². The molecule has 1 aliphatic heterocycles. The fourth-order valence-corrected chi connectivity index (χ4v) is 2.74. The Bertz CT molecular complexity index is 314. The van der Waals surface area contributed by atoms with Crippen LogP contribution >= 0.6 is 0 Å². The number of cyclic esters (lactones) is 1. The summed E-state index contributed by atoms with van der Waals surface area (Å²) in [5.41, 5.74) is -1.83. The van der Waals surface area contributed by atoms with Crippen molar-refractivity contribution in [3.63, 3.8) is 0 Å². The summed E-state index contributed by atoms with van der Waals surface area (Å²) in [5, 5.41) is 8.88. The van der Waals surface area contributed by atoms with E-state index >= 15 is 0 Å². The van der Waals surface area contributed by atoms with Crippen LogP contribution in [0.3, 0.4) is 0 Å². The molecule has 1 N–H and O–H groups in total. The first kappa shape index (κ1) is 7.50. The van der Waals surface area contributed by atoms with Gasteiger partial charge in [0.05, 0.1) is 12.5 Å². The van der Waals surface area contributed by atoms with Crippen molar-refractivity contribution in [2.75, 3.05) is 6.61 Å². The van der Waals surface area contributed by atoms with Crippen LogP contribution in [-0.4, -0.2) is 29.5 Å². The highest BCUT2D eigenvalue weighted by atomic mass is 19.1. The van der Waals surface area contributed by atoms with Gasteiger partial charge in [0.2, 0.25) is 5.67 Å². The number of esters is 1. The maximum atomic E-state index is 14.0. The molecule has 2 fully saturated rings.